The molecule has 20 heavy (non-hydrogen) atoms. The third-order valence-electron chi connectivity index (χ3n) is 2.82. The van der Waals surface area contributed by atoms with Gasteiger partial charge in [0.15, 0.2) is 5.84 Å². The van der Waals surface area contributed by atoms with E-state index in [-0.39, 0.29) is 12.4 Å². The predicted molar refractivity (Wildman–Crippen MR) is 73.8 cm³/mol. The summed E-state index contributed by atoms with van der Waals surface area (Å²) < 4.78 is 18.8. The molecule has 0 saturated heterocycles. The second-order valence-electron chi connectivity index (χ2n) is 4.27. The summed E-state index contributed by atoms with van der Waals surface area (Å²) in [5.41, 5.74) is 7.56. The lowest BCUT2D eigenvalue weighted by Gasteiger charge is -2.09. The molecule has 0 fully saturated rings. The summed E-state index contributed by atoms with van der Waals surface area (Å²) >= 11 is 0. The van der Waals surface area contributed by atoms with Gasteiger partial charge in [0.2, 0.25) is 0 Å². The Balaban J connectivity index is 2.06. The second-order valence-corrected chi connectivity index (χ2v) is 4.27. The number of nitrogens with zero attached hydrogens (tertiary/aromatic N) is 1. The van der Waals surface area contributed by atoms with Crippen LogP contribution in [-0.4, -0.2) is 11.0 Å². The van der Waals surface area contributed by atoms with Crippen LogP contribution in [0.3, 0.4) is 0 Å². The highest BCUT2D eigenvalue weighted by Crippen LogP contribution is 2.13. The average Bonchev–Trinajstić information content (AvgIpc) is 2.49. The Labute approximate surface area is 116 Å². The van der Waals surface area contributed by atoms with Gasteiger partial charge in [-0.25, -0.2) is 4.39 Å². The van der Waals surface area contributed by atoms with E-state index in [1.807, 2.05) is 30.3 Å². The van der Waals surface area contributed by atoms with Crippen molar-refractivity contribution in [2.75, 3.05) is 0 Å². The van der Waals surface area contributed by atoms with Crippen LogP contribution in [-0.2, 0) is 18.0 Å². The Kier molecular flexibility index (Phi) is 4.68. The van der Waals surface area contributed by atoms with Gasteiger partial charge in [-0.05, 0) is 23.3 Å². The van der Waals surface area contributed by atoms with E-state index in [4.69, 9.17) is 15.7 Å². The van der Waals surface area contributed by atoms with Crippen molar-refractivity contribution in [1.29, 1.82) is 0 Å². The molecule has 0 aliphatic heterocycles. The Morgan fingerprint density at radius 3 is 2.60 bits per heavy atom. The van der Waals surface area contributed by atoms with Crippen LogP contribution in [0.25, 0.3) is 0 Å². The molecule has 3 N–H and O–H groups in total. The molecule has 0 aliphatic rings. The number of nitrogens with two attached hydrogens (primary N) is 1. The van der Waals surface area contributed by atoms with Gasteiger partial charge in [0, 0.05) is 5.56 Å². The maximum absolute atomic E-state index is 13.2. The van der Waals surface area contributed by atoms with Gasteiger partial charge < -0.3 is 15.7 Å². The molecule has 0 heterocycles. The largest absolute Gasteiger partial charge is 0.409 e. The lowest BCUT2D eigenvalue weighted by molar-refractivity contribution is 0.107. The maximum Gasteiger partial charge on any atom is 0.170 e. The summed E-state index contributed by atoms with van der Waals surface area (Å²) in [4.78, 5) is 0. The Morgan fingerprint density at radius 1 is 1.15 bits per heavy atom. The quantitative estimate of drug-likeness (QED) is 0.381. The second kappa shape index (κ2) is 6.68. The van der Waals surface area contributed by atoms with E-state index in [1.54, 1.807) is 6.07 Å². The van der Waals surface area contributed by atoms with Gasteiger partial charge in [0.25, 0.3) is 0 Å². The first-order valence-corrected chi connectivity index (χ1v) is 6.08. The van der Waals surface area contributed by atoms with Crippen LogP contribution in [0.1, 0.15) is 16.7 Å². The van der Waals surface area contributed by atoms with Gasteiger partial charge in [0.05, 0.1) is 13.2 Å². The van der Waals surface area contributed by atoms with Crippen LogP contribution in [0.15, 0.2) is 53.7 Å². The highest BCUT2D eigenvalue weighted by atomic mass is 19.1. The minimum atomic E-state index is -0.446. The van der Waals surface area contributed by atoms with Crippen molar-refractivity contribution in [2.45, 2.75) is 13.2 Å². The SMILES string of the molecule is NC(=NO)c1cc(F)ccc1COCc1ccccc1. The number of hydrogen-bond donors (Lipinski definition) is 2. The predicted octanol–water partition coefficient (Wildman–Crippen LogP) is 2.64. The van der Waals surface area contributed by atoms with Crippen LogP contribution in [0.5, 0.6) is 0 Å². The first-order chi connectivity index (χ1) is 9.70. The van der Waals surface area contributed by atoms with Gasteiger partial charge in [-0.1, -0.05) is 41.6 Å². The normalized spacial score (nSPS) is 11.6. The third kappa shape index (κ3) is 3.55. The van der Waals surface area contributed by atoms with E-state index < -0.39 is 5.82 Å². The highest BCUT2D eigenvalue weighted by molar-refractivity contribution is 5.98. The summed E-state index contributed by atoms with van der Waals surface area (Å²) in [5.74, 6) is -0.582. The molecule has 0 amide bonds. The minimum absolute atomic E-state index is 0.136. The number of ether oxygens (including phenoxy) is 1. The average molecular weight is 274 g/mol. The van der Waals surface area contributed by atoms with Crippen molar-refractivity contribution in [3.05, 3.63) is 71.0 Å². The zero-order valence-electron chi connectivity index (χ0n) is 10.8. The Bertz CT molecular complexity index is 600. The summed E-state index contributed by atoms with van der Waals surface area (Å²) in [6, 6.07) is 13.8. The number of hydrogen-bond acceptors (Lipinski definition) is 3. The highest BCUT2D eigenvalue weighted by Gasteiger charge is 2.09. The molecule has 0 unspecified atom stereocenters. The Morgan fingerprint density at radius 2 is 1.90 bits per heavy atom. The fourth-order valence-electron chi connectivity index (χ4n) is 1.82. The lowest BCUT2D eigenvalue weighted by atomic mass is 10.1. The molecular formula is C15H15FN2O2. The van der Waals surface area contributed by atoms with E-state index in [1.165, 1.54) is 12.1 Å². The number of oxime groups is 1. The molecule has 2 aromatic carbocycles. The van der Waals surface area contributed by atoms with Crippen LogP contribution < -0.4 is 5.73 Å². The zero-order chi connectivity index (χ0) is 14.4. The van der Waals surface area contributed by atoms with E-state index in [2.05, 4.69) is 5.16 Å². The van der Waals surface area contributed by atoms with Crippen LogP contribution in [0.2, 0.25) is 0 Å². The fourth-order valence-corrected chi connectivity index (χ4v) is 1.82. The fraction of sp³-hybridized carbons (Fsp3) is 0.133. The molecule has 0 aromatic heterocycles. The van der Waals surface area contributed by atoms with Crippen molar-refractivity contribution in [3.63, 3.8) is 0 Å². The molecular weight excluding hydrogens is 259 g/mol. The summed E-state index contributed by atoms with van der Waals surface area (Å²) in [7, 11) is 0. The van der Waals surface area contributed by atoms with Crippen molar-refractivity contribution >= 4 is 5.84 Å². The first-order valence-electron chi connectivity index (χ1n) is 6.08. The van der Waals surface area contributed by atoms with E-state index in [0.717, 1.165) is 5.56 Å². The number of amidine groups is 1. The van der Waals surface area contributed by atoms with Crippen molar-refractivity contribution in [3.8, 4) is 0 Å². The van der Waals surface area contributed by atoms with E-state index in [9.17, 15) is 4.39 Å². The van der Waals surface area contributed by atoms with Crippen LogP contribution in [0.4, 0.5) is 4.39 Å². The molecule has 5 heteroatoms. The number of halogens is 1. The lowest BCUT2D eigenvalue weighted by Crippen LogP contribution is -2.16. The molecule has 4 nitrogen and oxygen atoms in total. The minimum Gasteiger partial charge on any atom is -0.409 e. The molecule has 0 aliphatic carbocycles. The monoisotopic (exact) mass is 274 g/mol. The van der Waals surface area contributed by atoms with Gasteiger partial charge in [-0.3, -0.25) is 0 Å². The molecule has 2 rings (SSSR count). The molecule has 0 bridgehead atoms. The molecule has 0 saturated carbocycles. The van der Waals surface area contributed by atoms with Crippen LogP contribution >= 0.6 is 0 Å². The molecule has 104 valence electrons. The van der Waals surface area contributed by atoms with E-state index in [0.29, 0.717) is 17.7 Å². The zero-order valence-corrected chi connectivity index (χ0v) is 10.8. The van der Waals surface area contributed by atoms with E-state index >= 15 is 0 Å². The topological polar surface area (TPSA) is 67.8 Å². The number of benzene rings is 2. The van der Waals surface area contributed by atoms with Crippen molar-refractivity contribution < 1.29 is 14.3 Å². The molecule has 0 radical (unpaired) electrons. The summed E-state index contributed by atoms with van der Waals surface area (Å²) in [5, 5.41) is 11.6. The van der Waals surface area contributed by atoms with Gasteiger partial charge >= 0.3 is 0 Å². The van der Waals surface area contributed by atoms with Gasteiger partial charge in [0.1, 0.15) is 5.82 Å². The summed E-state index contributed by atoms with van der Waals surface area (Å²) in [6.45, 7) is 0.689. The van der Waals surface area contributed by atoms with Gasteiger partial charge in [-0.2, -0.15) is 0 Å². The smallest absolute Gasteiger partial charge is 0.170 e. The van der Waals surface area contributed by atoms with Crippen LogP contribution in [0, 0.1) is 5.82 Å². The standard InChI is InChI=1S/C15H15FN2O2/c16-13-7-6-12(14(8-13)15(17)18-19)10-20-9-11-4-2-1-3-5-11/h1-8,19H,9-10H2,(H2,17,18). The summed E-state index contributed by atoms with van der Waals surface area (Å²) in [6.07, 6.45) is 0. The maximum atomic E-state index is 13.2. The van der Waals surface area contributed by atoms with Crippen molar-refractivity contribution in [2.24, 2.45) is 10.9 Å². The third-order valence-corrected chi connectivity index (χ3v) is 2.82. The number of rotatable bonds is 5. The van der Waals surface area contributed by atoms with Crippen molar-refractivity contribution in [1.82, 2.24) is 0 Å². The van der Waals surface area contributed by atoms with Gasteiger partial charge in [-0.15, -0.1) is 0 Å². The molecule has 0 atom stereocenters. The molecule has 0 spiro atoms. The first kappa shape index (κ1) is 14.0. The molecule has 2 aromatic rings. The Hall–Kier alpha value is -2.40.